The number of likely N-dealkylation sites (tertiary alicyclic amines) is 1. The highest BCUT2D eigenvalue weighted by Gasteiger charge is 2.42. The standard InChI is InChI=1S/C19H26N2O2/c1-12-16-8-15(22-2)6-7-17(16)20-18(12)11-21-9-13-4-5-14(10-21)19(13)23-3/h6-8,13-14,19-20H,4-5,9-11H2,1-3H3. The first kappa shape index (κ1) is 15.0. The maximum absolute atomic E-state index is 5.73. The monoisotopic (exact) mass is 314 g/mol. The predicted molar refractivity (Wildman–Crippen MR) is 91.9 cm³/mol. The van der Waals surface area contributed by atoms with Gasteiger partial charge in [0, 0.05) is 43.3 Å². The molecule has 2 bridgehead atoms. The van der Waals surface area contributed by atoms with Gasteiger partial charge >= 0.3 is 0 Å². The van der Waals surface area contributed by atoms with Crippen molar-refractivity contribution in [3.8, 4) is 5.75 Å². The molecule has 4 nitrogen and oxygen atoms in total. The number of aromatic nitrogens is 1. The van der Waals surface area contributed by atoms with E-state index in [0.717, 1.165) is 25.4 Å². The number of fused-ring (bicyclic) bond motifs is 3. The van der Waals surface area contributed by atoms with Gasteiger partial charge in [0.1, 0.15) is 5.75 Å². The summed E-state index contributed by atoms with van der Waals surface area (Å²) < 4.78 is 11.1. The zero-order valence-electron chi connectivity index (χ0n) is 14.3. The maximum Gasteiger partial charge on any atom is 0.119 e. The van der Waals surface area contributed by atoms with Gasteiger partial charge in [-0.2, -0.15) is 0 Å². The van der Waals surface area contributed by atoms with Crippen molar-refractivity contribution in [1.29, 1.82) is 0 Å². The third-order valence-electron chi connectivity index (χ3n) is 5.85. The van der Waals surface area contributed by atoms with Gasteiger partial charge < -0.3 is 14.5 Å². The van der Waals surface area contributed by atoms with Crippen molar-refractivity contribution in [2.45, 2.75) is 32.4 Å². The number of nitrogens with one attached hydrogen (secondary N) is 1. The molecule has 2 fully saturated rings. The van der Waals surface area contributed by atoms with Crippen LogP contribution in [0.1, 0.15) is 24.1 Å². The summed E-state index contributed by atoms with van der Waals surface area (Å²) in [6, 6.07) is 6.27. The van der Waals surface area contributed by atoms with E-state index in [9.17, 15) is 0 Å². The van der Waals surface area contributed by atoms with E-state index in [4.69, 9.17) is 9.47 Å². The molecule has 2 heterocycles. The fourth-order valence-corrected chi connectivity index (χ4v) is 4.65. The molecule has 1 aromatic carbocycles. The van der Waals surface area contributed by atoms with E-state index in [-0.39, 0.29) is 0 Å². The number of benzene rings is 1. The van der Waals surface area contributed by atoms with Gasteiger partial charge in [0.2, 0.25) is 0 Å². The second-order valence-electron chi connectivity index (χ2n) is 7.13. The first-order valence-corrected chi connectivity index (χ1v) is 8.60. The summed E-state index contributed by atoms with van der Waals surface area (Å²) >= 11 is 0. The average molecular weight is 314 g/mol. The van der Waals surface area contributed by atoms with Crippen LogP contribution in [0.4, 0.5) is 0 Å². The predicted octanol–water partition coefficient (Wildman–Crippen LogP) is 3.34. The van der Waals surface area contributed by atoms with Crippen LogP contribution in [0.15, 0.2) is 18.2 Å². The van der Waals surface area contributed by atoms with E-state index in [2.05, 4.69) is 28.9 Å². The summed E-state index contributed by atoms with van der Waals surface area (Å²) in [6.45, 7) is 5.54. The summed E-state index contributed by atoms with van der Waals surface area (Å²) in [5.41, 5.74) is 3.89. The Morgan fingerprint density at radius 3 is 2.57 bits per heavy atom. The Balaban J connectivity index is 1.55. The van der Waals surface area contributed by atoms with Crippen LogP contribution < -0.4 is 4.74 Å². The van der Waals surface area contributed by atoms with E-state index in [1.165, 1.54) is 35.0 Å². The van der Waals surface area contributed by atoms with Gasteiger partial charge in [0.05, 0.1) is 13.2 Å². The van der Waals surface area contributed by atoms with Crippen LogP contribution in [0.5, 0.6) is 5.75 Å². The molecule has 0 spiro atoms. The van der Waals surface area contributed by atoms with Gasteiger partial charge in [0.25, 0.3) is 0 Å². The van der Waals surface area contributed by atoms with Crippen LogP contribution in [0.2, 0.25) is 0 Å². The van der Waals surface area contributed by atoms with Crippen LogP contribution >= 0.6 is 0 Å². The van der Waals surface area contributed by atoms with E-state index in [1.54, 1.807) is 7.11 Å². The van der Waals surface area contributed by atoms with Gasteiger partial charge in [-0.3, -0.25) is 4.90 Å². The fourth-order valence-electron chi connectivity index (χ4n) is 4.65. The van der Waals surface area contributed by atoms with Gasteiger partial charge in [-0.05, 0) is 55.4 Å². The van der Waals surface area contributed by atoms with Crippen molar-refractivity contribution in [1.82, 2.24) is 9.88 Å². The summed E-state index contributed by atoms with van der Waals surface area (Å²) in [5, 5.41) is 1.27. The van der Waals surface area contributed by atoms with Crippen molar-refractivity contribution < 1.29 is 9.47 Å². The Bertz CT molecular complexity index is 695. The van der Waals surface area contributed by atoms with Gasteiger partial charge in [0.15, 0.2) is 0 Å². The highest BCUT2D eigenvalue weighted by molar-refractivity contribution is 5.85. The van der Waals surface area contributed by atoms with E-state index in [0.29, 0.717) is 17.9 Å². The summed E-state index contributed by atoms with van der Waals surface area (Å²) in [5.74, 6) is 2.34. The fraction of sp³-hybridized carbons (Fsp3) is 0.579. The average Bonchev–Trinajstić information content (AvgIpc) is 3.01. The number of aryl methyl sites for hydroxylation is 1. The van der Waals surface area contributed by atoms with Crippen LogP contribution in [0.25, 0.3) is 10.9 Å². The smallest absolute Gasteiger partial charge is 0.119 e. The molecule has 4 heteroatoms. The molecule has 23 heavy (non-hydrogen) atoms. The van der Waals surface area contributed by atoms with Crippen molar-refractivity contribution in [3.63, 3.8) is 0 Å². The van der Waals surface area contributed by atoms with Crippen LogP contribution in [0.3, 0.4) is 0 Å². The molecule has 2 unspecified atom stereocenters. The molecular formula is C19H26N2O2. The van der Waals surface area contributed by atoms with Crippen molar-refractivity contribution >= 4 is 10.9 Å². The first-order chi connectivity index (χ1) is 11.2. The Hall–Kier alpha value is -1.52. The summed E-state index contributed by atoms with van der Waals surface area (Å²) in [7, 11) is 3.60. The molecule has 1 N–H and O–H groups in total. The molecule has 1 aliphatic heterocycles. The normalized spacial score (nSPS) is 27.7. The van der Waals surface area contributed by atoms with E-state index in [1.807, 2.05) is 13.2 Å². The lowest BCUT2D eigenvalue weighted by molar-refractivity contribution is -0.0182. The summed E-state index contributed by atoms with van der Waals surface area (Å²) in [6.07, 6.45) is 3.13. The minimum absolute atomic E-state index is 0.485. The van der Waals surface area contributed by atoms with Crippen LogP contribution in [0, 0.1) is 18.8 Å². The number of hydrogen-bond acceptors (Lipinski definition) is 3. The maximum atomic E-state index is 5.73. The highest BCUT2D eigenvalue weighted by atomic mass is 16.5. The number of H-pyrrole nitrogens is 1. The molecule has 0 amide bonds. The molecule has 2 aliphatic rings. The largest absolute Gasteiger partial charge is 0.497 e. The molecular weight excluding hydrogens is 288 g/mol. The second kappa shape index (κ2) is 5.84. The number of nitrogens with zero attached hydrogens (tertiary/aromatic N) is 1. The lowest BCUT2D eigenvalue weighted by Crippen LogP contribution is -2.45. The second-order valence-corrected chi connectivity index (χ2v) is 7.13. The zero-order valence-corrected chi connectivity index (χ0v) is 14.3. The molecule has 4 rings (SSSR count). The van der Waals surface area contributed by atoms with Gasteiger partial charge in [-0.15, -0.1) is 0 Å². The minimum atomic E-state index is 0.485. The molecule has 0 radical (unpaired) electrons. The summed E-state index contributed by atoms with van der Waals surface area (Å²) in [4.78, 5) is 6.21. The Morgan fingerprint density at radius 1 is 1.17 bits per heavy atom. The third kappa shape index (κ3) is 2.54. The Morgan fingerprint density at radius 2 is 1.91 bits per heavy atom. The quantitative estimate of drug-likeness (QED) is 0.940. The van der Waals surface area contributed by atoms with Crippen LogP contribution in [-0.2, 0) is 11.3 Å². The SMILES string of the molecule is COc1ccc2[nH]c(CN3CC4CCC(C3)C4OC)c(C)c2c1. The minimum Gasteiger partial charge on any atom is -0.497 e. The lowest BCUT2D eigenvalue weighted by atomic mass is 9.94. The molecule has 1 aromatic heterocycles. The van der Waals surface area contributed by atoms with Crippen molar-refractivity contribution in [3.05, 3.63) is 29.5 Å². The Labute approximate surface area is 137 Å². The molecule has 2 aromatic rings. The number of aromatic amines is 1. The molecule has 124 valence electrons. The number of hydrogen-bond donors (Lipinski definition) is 1. The number of piperidine rings is 1. The zero-order chi connectivity index (χ0) is 16.0. The number of rotatable bonds is 4. The molecule has 1 saturated heterocycles. The number of methoxy groups -OCH3 is 2. The van der Waals surface area contributed by atoms with Gasteiger partial charge in [-0.1, -0.05) is 0 Å². The van der Waals surface area contributed by atoms with E-state index < -0.39 is 0 Å². The number of ether oxygens (including phenoxy) is 2. The van der Waals surface area contributed by atoms with Crippen molar-refractivity contribution in [2.75, 3.05) is 27.3 Å². The topological polar surface area (TPSA) is 37.5 Å². The van der Waals surface area contributed by atoms with Crippen LogP contribution in [-0.4, -0.2) is 43.3 Å². The van der Waals surface area contributed by atoms with Crippen molar-refractivity contribution in [2.24, 2.45) is 11.8 Å². The van der Waals surface area contributed by atoms with E-state index >= 15 is 0 Å². The first-order valence-electron chi connectivity index (χ1n) is 8.60. The molecule has 1 aliphatic carbocycles. The lowest BCUT2D eigenvalue weighted by Gasteiger charge is -2.37. The highest BCUT2D eigenvalue weighted by Crippen LogP contribution is 2.39. The molecule has 1 saturated carbocycles. The Kier molecular flexibility index (Phi) is 3.82. The molecule has 2 atom stereocenters. The third-order valence-corrected chi connectivity index (χ3v) is 5.85. The van der Waals surface area contributed by atoms with Gasteiger partial charge in [-0.25, -0.2) is 0 Å².